The first-order valence-electron chi connectivity index (χ1n) is 9.24. The Balaban J connectivity index is 1.91. The Hall–Kier alpha value is -3.04. The van der Waals surface area contributed by atoms with Crippen LogP contribution in [0.5, 0.6) is 0 Å². The van der Waals surface area contributed by atoms with Crippen LogP contribution in [0.4, 0.5) is 4.39 Å². The minimum atomic E-state index is -3.93. The standard InChI is InChI=1S/C22H20FNO5S2/c1-14-12-15(9-10-18(14)23)31(27,28)20(19-8-5-11-30-19)13-24-21(25)16-6-3-4-7-17(16)22(26)29-2/h3-12,20H,13H2,1-2H3,(H,24,25)/t20-/m1/s1. The van der Waals surface area contributed by atoms with Crippen molar-refractivity contribution in [2.75, 3.05) is 13.7 Å². The van der Waals surface area contributed by atoms with Gasteiger partial charge in [0.2, 0.25) is 0 Å². The van der Waals surface area contributed by atoms with E-state index >= 15 is 0 Å². The summed E-state index contributed by atoms with van der Waals surface area (Å²) >= 11 is 1.24. The molecule has 0 aliphatic rings. The van der Waals surface area contributed by atoms with E-state index in [1.165, 1.54) is 49.6 Å². The summed E-state index contributed by atoms with van der Waals surface area (Å²) in [5.41, 5.74) is 0.364. The average Bonchev–Trinajstić information content (AvgIpc) is 3.29. The predicted molar refractivity (Wildman–Crippen MR) is 115 cm³/mol. The van der Waals surface area contributed by atoms with Gasteiger partial charge in [0.25, 0.3) is 5.91 Å². The molecular formula is C22H20FNO5S2. The van der Waals surface area contributed by atoms with Crippen molar-refractivity contribution in [3.63, 3.8) is 0 Å². The summed E-state index contributed by atoms with van der Waals surface area (Å²) in [5, 5.41) is 3.28. The van der Waals surface area contributed by atoms with Crippen molar-refractivity contribution in [1.82, 2.24) is 5.32 Å². The number of carbonyl (C=O) groups is 2. The molecule has 0 radical (unpaired) electrons. The molecule has 0 aliphatic heterocycles. The lowest BCUT2D eigenvalue weighted by Crippen LogP contribution is -2.32. The molecule has 1 heterocycles. The molecule has 162 valence electrons. The Bertz CT molecular complexity index is 1210. The number of hydrogen-bond acceptors (Lipinski definition) is 6. The highest BCUT2D eigenvalue weighted by Gasteiger charge is 2.31. The van der Waals surface area contributed by atoms with Crippen LogP contribution in [0.3, 0.4) is 0 Å². The predicted octanol–water partition coefficient (Wildman–Crippen LogP) is 3.93. The minimum Gasteiger partial charge on any atom is -0.465 e. The Labute approximate surface area is 183 Å². The smallest absolute Gasteiger partial charge is 0.338 e. The second-order valence-corrected chi connectivity index (χ2v) is 9.82. The van der Waals surface area contributed by atoms with E-state index in [2.05, 4.69) is 5.32 Å². The van der Waals surface area contributed by atoms with Gasteiger partial charge >= 0.3 is 5.97 Å². The van der Waals surface area contributed by atoms with Crippen LogP contribution in [0.2, 0.25) is 0 Å². The molecule has 0 aliphatic carbocycles. The second kappa shape index (κ2) is 9.40. The van der Waals surface area contributed by atoms with Gasteiger partial charge in [0.05, 0.1) is 23.1 Å². The van der Waals surface area contributed by atoms with Crippen molar-refractivity contribution in [3.05, 3.63) is 87.4 Å². The lowest BCUT2D eigenvalue weighted by molar-refractivity contribution is 0.0596. The second-order valence-electron chi connectivity index (χ2n) is 6.71. The maximum atomic E-state index is 13.6. The number of amides is 1. The molecule has 0 saturated heterocycles. The molecule has 0 unspecified atom stereocenters. The minimum absolute atomic E-state index is 0.0333. The Morgan fingerprint density at radius 1 is 1.10 bits per heavy atom. The first kappa shape index (κ1) is 22.6. The van der Waals surface area contributed by atoms with E-state index in [0.29, 0.717) is 4.88 Å². The van der Waals surface area contributed by atoms with Crippen molar-refractivity contribution in [1.29, 1.82) is 0 Å². The summed E-state index contributed by atoms with van der Waals surface area (Å²) in [6, 6.07) is 13.1. The normalized spacial score (nSPS) is 12.2. The van der Waals surface area contributed by atoms with Crippen molar-refractivity contribution >= 4 is 33.1 Å². The third-order valence-corrected chi connectivity index (χ3v) is 7.93. The topological polar surface area (TPSA) is 89.5 Å². The lowest BCUT2D eigenvalue weighted by Gasteiger charge is -2.18. The van der Waals surface area contributed by atoms with E-state index in [1.54, 1.807) is 29.6 Å². The number of carbonyl (C=O) groups excluding carboxylic acids is 2. The van der Waals surface area contributed by atoms with Gasteiger partial charge < -0.3 is 10.1 Å². The molecule has 0 bridgehead atoms. The maximum absolute atomic E-state index is 13.6. The molecule has 1 amide bonds. The molecular weight excluding hydrogens is 441 g/mol. The molecule has 0 fully saturated rings. The van der Waals surface area contributed by atoms with Crippen molar-refractivity contribution in [3.8, 4) is 0 Å². The van der Waals surface area contributed by atoms with Gasteiger partial charge in [0.15, 0.2) is 9.84 Å². The molecule has 3 rings (SSSR count). The fourth-order valence-electron chi connectivity index (χ4n) is 3.05. The van der Waals surface area contributed by atoms with Crippen LogP contribution in [-0.2, 0) is 14.6 Å². The van der Waals surface area contributed by atoms with E-state index in [9.17, 15) is 22.4 Å². The average molecular weight is 462 g/mol. The molecule has 2 aromatic carbocycles. The molecule has 6 nitrogen and oxygen atoms in total. The summed E-state index contributed by atoms with van der Waals surface area (Å²) in [6.45, 7) is 1.26. The number of ether oxygens (including phenoxy) is 1. The van der Waals surface area contributed by atoms with Crippen LogP contribution in [0.25, 0.3) is 0 Å². The molecule has 31 heavy (non-hydrogen) atoms. The molecule has 1 N–H and O–H groups in total. The van der Waals surface area contributed by atoms with Gasteiger partial charge in [-0.1, -0.05) is 18.2 Å². The lowest BCUT2D eigenvalue weighted by atomic mass is 10.1. The highest BCUT2D eigenvalue weighted by molar-refractivity contribution is 7.91. The maximum Gasteiger partial charge on any atom is 0.338 e. The van der Waals surface area contributed by atoms with Crippen molar-refractivity contribution in [2.45, 2.75) is 17.1 Å². The van der Waals surface area contributed by atoms with Crippen LogP contribution >= 0.6 is 11.3 Å². The highest BCUT2D eigenvalue weighted by atomic mass is 32.2. The molecule has 1 atom stereocenters. The zero-order valence-corrected chi connectivity index (χ0v) is 18.4. The highest BCUT2D eigenvalue weighted by Crippen LogP contribution is 2.32. The summed E-state index contributed by atoms with van der Waals surface area (Å²) in [7, 11) is -2.73. The molecule has 1 aromatic heterocycles. The van der Waals surface area contributed by atoms with E-state index < -0.39 is 32.8 Å². The number of halogens is 1. The largest absolute Gasteiger partial charge is 0.465 e. The number of nitrogens with one attached hydrogen (secondary N) is 1. The number of sulfone groups is 1. The number of thiophene rings is 1. The Morgan fingerprint density at radius 2 is 1.81 bits per heavy atom. The summed E-state index contributed by atoms with van der Waals surface area (Å²) in [5.74, 6) is -1.78. The fraction of sp³-hybridized carbons (Fsp3) is 0.182. The van der Waals surface area contributed by atoms with Gasteiger partial charge in [-0.2, -0.15) is 0 Å². The first-order chi connectivity index (χ1) is 14.8. The number of rotatable bonds is 7. The zero-order chi connectivity index (χ0) is 22.6. The van der Waals surface area contributed by atoms with Gasteiger partial charge in [0, 0.05) is 11.4 Å². The molecule has 3 aromatic rings. The van der Waals surface area contributed by atoms with Gasteiger partial charge in [-0.3, -0.25) is 4.79 Å². The van der Waals surface area contributed by atoms with Crippen LogP contribution in [0.1, 0.15) is 36.4 Å². The molecule has 0 saturated carbocycles. The quantitative estimate of drug-likeness (QED) is 0.425. The molecule has 9 heteroatoms. The van der Waals surface area contributed by atoms with Crippen LogP contribution in [-0.4, -0.2) is 33.9 Å². The Morgan fingerprint density at radius 3 is 2.42 bits per heavy atom. The van der Waals surface area contributed by atoms with E-state index in [4.69, 9.17) is 4.74 Å². The van der Waals surface area contributed by atoms with Gasteiger partial charge in [0.1, 0.15) is 11.1 Å². The number of hydrogen-bond donors (Lipinski definition) is 1. The summed E-state index contributed by atoms with van der Waals surface area (Å²) in [6.07, 6.45) is 0. The van der Waals surface area contributed by atoms with Gasteiger partial charge in [-0.05, 0) is 54.3 Å². The third kappa shape index (κ3) is 4.83. The van der Waals surface area contributed by atoms with Crippen molar-refractivity contribution in [2.24, 2.45) is 0 Å². The summed E-state index contributed by atoms with van der Waals surface area (Å²) < 4.78 is 45.0. The SMILES string of the molecule is COC(=O)c1ccccc1C(=O)NC[C@H](c1cccs1)S(=O)(=O)c1ccc(F)c(C)c1. The van der Waals surface area contributed by atoms with E-state index in [0.717, 1.165) is 6.07 Å². The van der Waals surface area contributed by atoms with Gasteiger partial charge in [-0.25, -0.2) is 17.6 Å². The fourth-order valence-corrected chi connectivity index (χ4v) is 5.91. The monoisotopic (exact) mass is 461 g/mol. The number of benzene rings is 2. The van der Waals surface area contributed by atoms with E-state index in [-0.39, 0.29) is 28.1 Å². The number of esters is 1. The first-order valence-corrected chi connectivity index (χ1v) is 11.7. The number of methoxy groups -OCH3 is 1. The van der Waals surface area contributed by atoms with Crippen LogP contribution in [0, 0.1) is 12.7 Å². The summed E-state index contributed by atoms with van der Waals surface area (Å²) in [4.78, 5) is 25.2. The molecule has 0 spiro atoms. The van der Waals surface area contributed by atoms with E-state index in [1.807, 2.05) is 0 Å². The Kier molecular flexibility index (Phi) is 6.87. The zero-order valence-electron chi connectivity index (χ0n) is 16.8. The van der Waals surface area contributed by atoms with Crippen LogP contribution in [0.15, 0.2) is 64.9 Å². The third-order valence-electron chi connectivity index (χ3n) is 4.72. The number of aryl methyl sites for hydroxylation is 1. The van der Waals surface area contributed by atoms with Crippen molar-refractivity contribution < 1.29 is 27.1 Å². The van der Waals surface area contributed by atoms with Gasteiger partial charge in [-0.15, -0.1) is 11.3 Å². The van der Waals surface area contributed by atoms with Crippen LogP contribution < -0.4 is 5.32 Å².